The molecule has 7 nitrogen and oxygen atoms in total. The molecule has 1 saturated heterocycles. The van der Waals surface area contributed by atoms with E-state index in [-0.39, 0.29) is 5.91 Å². The standard InChI is InChI=1S/C17H26N4O3/c1-4-17(22)19-14-11-13(18)15(23-3)12-16(14)24-10-9-21-7-5-20(2)6-8-21/h4,11-12H,1,5-10,18H2,2-3H3,(H,19,22). The Morgan fingerprint density at radius 3 is 2.67 bits per heavy atom. The minimum Gasteiger partial charge on any atom is -0.494 e. The van der Waals surface area contributed by atoms with E-state index in [0.717, 1.165) is 32.7 Å². The molecular weight excluding hydrogens is 308 g/mol. The quantitative estimate of drug-likeness (QED) is 0.573. The summed E-state index contributed by atoms with van der Waals surface area (Å²) < 4.78 is 11.1. The Bertz CT molecular complexity index is 583. The largest absolute Gasteiger partial charge is 0.494 e. The van der Waals surface area contributed by atoms with Crippen LogP contribution in [0, 0.1) is 0 Å². The zero-order chi connectivity index (χ0) is 17.5. The molecular formula is C17H26N4O3. The molecule has 24 heavy (non-hydrogen) atoms. The number of hydrogen-bond acceptors (Lipinski definition) is 6. The van der Waals surface area contributed by atoms with Gasteiger partial charge in [-0.15, -0.1) is 0 Å². The van der Waals surface area contributed by atoms with Gasteiger partial charge in [-0.1, -0.05) is 6.58 Å². The number of benzene rings is 1. The van der Waals surface area contributed by atoms with E-state index in [1.54, 1.807) is 19.2 Å². The zero-order valence-electron chi connectivity index (χ0n) is 14.4. The summed E-state index contributed by atoms with van der Waals surface area (Å²) in [5.41, 5.74) is 6.85. The highest BCUT2D eigenvalue weighted by Gasteiger charge is 2.15. The molecule has 0 aliphatic carbocycles. The topological polar surface area (TPSA) is 80.1 Å². The van der Waals surface area contributed by atoms with E-state index < -0.39 is 0 Å². The van der Waals surface area contributed by atoms with Gasteiger partial charge < -0.3 is 25.4 Å². The molecule has 0 spiro atoms. The number of methoxy groups -OCH3 is 1. The number of nitrogens with two attached hydrogens (primary N) is 1. The van der Waals surface area contributed by atoms with E-state index in [9.17, 15) is 4.79 Å². The first-order valence-corrected chi connectivity index (χ1v) is 7.98. The molecule has 1 aromatic carbocycles. The fourth-order valence-electron chi connectivity index (χ4n) is 2.51. The zero-order valence-corrected chi connectivity index (χ0v) is 14.4. The Labute approximate surface area is 143 Å². The van der Waals surface area contributed by atoms with Crippen LogP contribution in [0.5, 0.6) is 11.5 Å². The minimum atomic E-state index is -0.316. The Morgan fingerprint density at radius 2 is 2.04 bits per heavy atom. The predicted molar refractivity (Wildman–Crippen MR) is 95.7 cm³/mol. The second-order valence-corrected chi connectivity index (χ2v) is 5.78. The summed E-state index contributed by atoms with van der Waals surface area (Å²) >= 11 is 0. The third-order valence-electron chi connectivity index (χ3n) is 4.04. The first-order chi connectivity index (χ1) is 11.5. The molecule has 0 atom stereocenters. The highest BCUT2D eigenvalue weighted by Crippen LogP contribution is 2.34. The number of rotatable bonds is 7. The van der Waals surface area contributed by atoms with Crippen molar-refractivity contribution in [1.29, 1.82) is 0 Å². The van der Waals surface area contributed by atoms with Gasteiger partial charge in [-0.3, -0.25) is 9.69 Å². The predicted octanol–water partition coefficient (Wildman–Crippen LogP) is 1.03. The highest BCUT2D eigenvalue weighted by molar-refractivity contribution is 6.00. The van der Waals surface area contributed by atoms with Gasteiger partial charge in [-0.2, -0.15) is 0 Å². The number of piperazine rings is 1. The Morgan fingerprint density at radius 1 is 1.33 bits per heavy atom. The Kier molecular flexibility index (Phi) is 6.45. The van der Waals surface area contributed by atoms with Crippen LogP contribution in [0.4, 0.5) is 11.4 Å². The van der Waals surface area contributed by atoms with Crippen LogP contribution >= 0.6 is 0 Å². The smallest absolute Gasteiger partial charge is 0.247 e. The Hall–Kier alpha value is -2.25. The molecule has 3 N–H and O–H groups in total. The number of likely N-dealkylation sites (N-methyl/N-ethyl adjacent to an activating group) is 1. The molecule has 132 valence electrons. The van der Waals surface area contributed by atoms with Gasteiger partial charge in [0.05, 0.1) is 18.5 Å². The molecule has 1 aromatic rings. The monoisotopic (exact) mass is 334 g/mol. The van der Waals surface area contributed by atoms with Crippen LogP contribution in [0.25, 0.3) is 0 Å². The third kappa shape index (κ3) is 4.87. The maximum absolute atomic E-state index is 11.6. The van der Waals surface area contributed by atoms with Crippen LogP contribution in [0.2, 0.25) is 0 Å². The third-order valence-corrected chi connectivity index (χ3v) is 4.04. The van der Waals surface area contributed by atoms with Crippen molar-refractivity contribution in [2.75, 3.05) is 64.5 Å². The average molecular weight is 334 g/mol. The molecule has 1 amide bonds. The van der Waals surface area contributed by atoms with Gasteiger partial charge in [0.25, 0.3) is 0 Å². The van der Waals surface area contributed by atoms with Crippen LogP contribution in [0.15, 0.2) is 24.8 Å². The summed E-state index contributed by atoms with van der Waals surface area (Å²) in [6.45, 7) is 9.00. The number of nitrogens with one attached hydrogen (secondary N) is 1. The first-order valence-electron chi connectivity index (χ1n) is 7.98. The lowest BCUT2D eigenvalue weighted by atomic mass is 10.2. The molecule has 0 unspecified atom stereocenters. The second-order valence-electron chi connectivity index (χ2n) is 5.78. The van der Waals surface area contributed by atoms with E-state index >= 15 is 0 Å². The molecule has 1 fully saturated rings. The van der Waals surface area contributed by atoms with Gasteiger partial charge in [-0.05, 0) is 19.2 Å². The van der Waals surface area contributed by atoms with Crippen molar-refractivity contribution in [3.8, 4) is 11.5 Å². The molecule has 1 aliphatic rings. The number of ether oxygens (including phenoxy) is 2. The second kappa shape index (κ2) is 8.56. The van der Waals surface area contributed by atoms with Crippen molar-refractivity contribution < 1.29 is 14.3 Å². The van der Waals surface area contributed by atoms with Crippen molar-refractivity contribution in [3.63, 3.8) is 0 Å². The average Bonchev–Trinajstić information content (AvgIpc) is 2.58. The van der Waals surface area contributed by atoms with E-state index in [4.69, 9.17) is 15.2 Å². The lowest BCUT2D eigenvalue weighted by Gasteiger charge is -2.32. The van der Waals surface area contributed by atoms with Crippen LogP contribution in [0.3, 0.4) is 0 Å². The molecule has 1 heterocycles. The molecule has 1 aliphatic heterocycles. The first kappa shape index (κ1) is 18.1. The van der Waals surface area contributed by atoms with Gasteiger partial charge in [0.15, 0.2) is 0 Å². The maximum Gasteiger partial charge on any atom is 0.247 e. The highest BCUT2D eigenvalue weighted by atomic mass is 16.5. The van der Waals surface area contributed by atoms with Crippen molar-refractivity contribution >= 4 is 17.3 Å². The number of nitrogens with zero attached hydrogens (tertiary/aromatic N) is 2. The summed E-state index contributed by atoms with van der Waals surface area (Å²) in [6, 6.07) is 3.32. The van der Waals surface area contributed by atoms with Crippen LogP contribution in [-0.2, 0) is 4.79 Å². The minimum absolute atomic E-state index is 0.316. The lowest BCUT2D eigenvalue weighted by molar-refractivity contribution is -0.111. The number of carbonyl (C=O) groups excluding carboxylic acids is 1. The fraction of sp³-hybridized carbons (Fsp3) is 0.471. The molecule has 0 bridgehead atoms. The number of nitrogen functional groups attached to an aromatic ring is 1. The molecule has 7 heteroatoms. The van der Waals surface area contributed by atoms with Gasteiger partial charge >= 0.3 is 0 Å². The number of carbonyl (C=O) groups is 1. The lowest BCUT2D eigenvalue weighted by Crippen LogP contribution is -2.45. The van der Waals surface area contributed by atoms with Gasteiger partial charge in [0.1, 0.15) is 18.1 Å². The van der Waals surface area contributed by atoms with Crippen LogP contribution < -0.4 is 20.5 Å². The fourth-order valence-corrected chi connectivity index (χ4v) is 2.51. The van der Waals surface area contributed by atoms with E-state index in [2.05, 4.69) is 28.7 Å². The summed E-state index contributed by atoms with van der Waals surface area (Å²) in [6.07, 6.45) is 1.20. The molecule has 0 saturated carbocycles. The van der Waals surface area contributed by atoms with Crippen molar-refractivity contribution in [1.82, 2.24) is 9.80 Å². The SMILES string of the molecule is C=CC(=O)Nc1cc(N)c(OC)cc1OCCN1CCN(C)CC1. The Balaban J connectivity index is 2.01. The molecule has 0 radical (unpaired) electrons. The van der Waals surface area contributed by atoms with Crippen LogP contribution in [-0.4, -0.2) is 69.2 Å². The van der Waals surface area contributed by atoms with Gasteiger partial charge in [0.2, 0.25) is 5.91 Å². The summed E-state index contributed by atoms with van der Waals surface area (Å²) in [5, 5.41) is 2.71. The number of anilines is 2. The normalized spacial score (nSPS) is 15.8. The van der Waals surface area contributed by atoms with Crippen molar-refractivity contribution in [2.24, 2.45) is 0 Å². The van der Waals surface area contributed by atoms with E-state index in [1.165, 1.54) is 6.08 Å². The maximum atomic E-state index is 11.6. The number of hydrogen-bond donors (Lipinski definition) is 2. The van der Waals surface area contributed by atoms with E-state index in [0.29, 0.717) is 29.5 Å². The summed E-state index contributed by atoms with van der Waals surface area (Å²) in [5.74, 6) is 0.732. The van der Waals surface area contributed by atoms with Crippen molar-refractivity contribution in [2.45, 2.75) is 0 Å². The van der Waals surface area contributed by atoms with Gasteiger partial charge in [-0.25, -0.2) is 0 Å². The molecule has 0 aromatic heterocycles. The molecule has 2 rings (SSSR count). The van der Waals surface area contributed by atoms with Gasteiger partial charge in [0, 0.05) is 38.8 Å². The number of amides is 1. The van der Waals surface area contributed by atoms with E-state index in [1.807, 2.05) is 0 Å². The summed E-state index contributed by atoms with van der Waals surface area (Å²) in [7, 11) is 3.67. The summed E-state index contributed by atoms with van der Waals surface area (Å²) in [4.78, 5) is 16.2. The van der Waals surface area contributed by atoms with Crippen LogP contribution in [0.1, 0.15) is 0 Å². The van der Waals surface area contributed by atoms with Crippen molar-refractivity contribution in [3.05, 3.63) is 24.8 Å².